The lowest BCUT2D eigenvalue weighted by molar-refractivity contribution is 0.0935. The van der Waals surface area contributed by atoms with Gasteiger partial charge in [0, 0.05) is 7.05 Å². The molecule has 0 atom stereocenters. The van der Waals surface area contributed by atoms with E-state index in [1.807, 2.05) is 0 Å². The molecule has 0 radical (unpaired) electrons. The molecule has 1 aromatic rings. The van der Waals surface area contributed by atoms with E-state index in [1.165, 1.54) is 19.2 Å². The first-order valence-corrected chi connectivity index (χ1v) is 4.47. The zero-order valence-corrected chi connectivity index (χ0v) is 8.78. The number of phenolic OH excluding ortho intramolecular Hbond substituents is 1. The van der Waals surface area contributed by atoms with E-state index in [9.17, 15) is 9.90 Å². The third-order valence-corrected chi connectivity index (χ3v) is 2.35. The van der Waals surface area contributed by atoms with E-state index < -0.39 is 5.91 Å². The smallest absolute Gasteiger partial charge is 0.269 e. The van der Waals surface area contributed by atoms with Crippen molar-refractivity contribution < 1.29 is 9.90 Å². The number of amides is 1. The van der Waals surface area contributed by atoms with Crippen LogP contribution in [0, 0.1) is 0 Å². The van der Waals surface area contributed by atoms with Crippen molar-refractivity contribution in [3.05, 3.63) is 27.7 Å². The molecule has 0 heterocycles. The molecule has 4 nitrogen and oxygen atoms in total. The monoisotopic (exact) mass is 234 g/mol. The Hall–Kier alpha value is -0.970. The van der Waals surface area contributed by atoms with Crippen molar-refractivity contribution in [3.63, 3.8) is 0 Å². The zero-order valence-electron chi connectivity index (χ0n) is 7.27. The van der Waals surface area contributed by atoms with Gasteiger partial charge in [-0.05, 0) is 12.1 Å². The fraction of sp³-hybridized carbons (Fsp3) is 0.125. The standard InChI is InChI=1S/C8H8Cl2N2O2/c1-11-12-8(14)4-2-3-5(9)6(10)7(4)13/h2-3,11,13H,1H3,(H,12,14). The molecule has 1 amide bonds. The molecule has 14 heavy (non-hydrogen) atoms. The van der Waals surface area contributed by atoms with Crippen LogP contribution >= 0.6 is 23.2 Å². The lowest BCUT2D eigenvalue weighted by Crippen LogP contribution is -2.34. The molecule has 0 fully saturated rings. The number of carbonyl (C=O) groups is 1. The van der Waals surface area contributed by atoms with E-state index in [4.69, 9.17) is 23.2 Å². The van der Waals surface area contributed by atoms with Gasteiger partial charge in [-0.3, -0.25) is 10.2 Å². The highest BCUT2D eigenvalue weighted by Crippen LogP contribution is 2.33. The molecule has 3 N–H and O–H groups in total. The average Bonchev–Trinajstić information content (AvgIpc) is 2.15. The van der Waals surface area contributed by atoms with Crippen LogP contribution in [0.3, 0.4) is 0 Å². The SMILES string of the molecule is CNNC(=O)c1ccc(Cl)c(Cl)c1O. The number of aromatic hydroxyl groups is 1. The fourth-order valence-corrected chi connectivity index (χ4v) is 1.22. The molecule has 1 rings (SSSR count). The summed E-state index contributed by atoms with van der Waals surface area (Å²) in [6.45, 7) is 0. The third-order valence-electron chi connectivity index (χ3n) is 1.55. The summed E-state index contributed by atoms with van der Waals surface area (Å²) in [7, 11) is 1.53. The second-order valence-corrected chi connectivity index (χ2v) is 3.25. The van der Waals surface area contributed by atoms with E-state index >= 15 is 0 Å². The van der Waals surface area contributed by atoms with Gasteiger partial charge in [-0.2, -0.15) is 0 Å². The number of phenols is 1. The maximum atomic E-state index is 11.3. The van der Waals surface area contributed by atoms with Gasteiger partial charge in [-0.25, -0.2) is 5.43 Å². The Balaban J connectivity index is 3.11. The maximum absolute atomic E-state index is 11.3. The Bertz CT molecular complexity index is 369. The largest absolute Gasteiger partial charge is 0.505 e. The number of benzene rings is 1. The van der Waals surface area contributed by atoms with Crippen LogP contribution in [0.15, 0.2) is 12.1 Å². The van der Waals surface area contributed by atoms with Gasteiger partial charge in [0.05, 0.1) is 10.6 Å². The Morgan fingerprint density at radius 3 is 2.64 bits per heavy atom. The van der Waals surface area contributed by atoms with Gasteiger partial charge in [-0.1, -0.05) is 23.2 Å². The molecule has 76 valence electrons. The van der Waals surface area contributed by atoms with Crippen LogP contribution in [0.2, 0.25) is 10.0 Å². The summed E-state index contributed by atoms with van der Waals surface area (Å²) >= 11 is 11.3. The van der Waals surface area contributed by atoms with Crippen LogP contribution in [0.5, 0.6) is 5.75 Å². The van der Waals surface area contributed by atoms with Gasteiger partial charge in [0.2, 0.25) is 0 Å². The summed E-state index contributed by atoms with van der Waals surface area (Å²) in [5, 5.41) is 9.64. The second kappa shape index (κ2) is 4.50. The van der Waals surface area contributed by atoms with Gasteiger partial charge in [0.1, 0.15) is 10.8 Å². The summed E-state index contributed by atoms with van der Waals surface area (Å²) < 4.78 is 0. The van der Waals surface area contributed by atoms with Gasteiger partial charge in [-0.15, -0.1) is 0 Å². The first kappa shape index (κ1) is 11.1. The Labute approximate surface area is 90.8 Å². The lowest BCUT2D eigenvalue weighted by Gasteiger charge is -2.07. The van der Waals surface area contributed by atoms with Crippen LogP contribution in [0.25, 0.3) is 0 Å². The van der Waals surface area contributed by atoms with Crippen molar-refractivity contribution >= 4 is 29.1 Å². The summed E-state index contributed by atoms with van der Waals surface area (Å²) in [6, 6.07) is 2.82. The Kier molecular flexibility index (Phi) is 3.57. The van der Waals surface area contributed by atoms with Gasteiger partial charge in [0.25, 0.3) is 5.91 Å². The van der Waals surface area contributed by atoms with Crippen molar-refractivity contribution in [1.29, 1.82) is 0 Å². The molecule has 0 aliphatic carbocycles. The van der Waals surface area contributed by atoms with E-state index in [0.29, 0.717) is 0 Å². The quantitative estimate of drug-likeness (QED) is 0.681. The van der Waals surface area contributed by atoms with Crippen molar-refractivity contribution in [3.8, 4) is 5.75 Å². The molecule has 0 aliphatic heterocycles. The summed E-state index contributed by atoms with van der Waals surface area (Å²) in [6.07, 6.45) is 0. The zero-order chi connectivity index (χ0) is 10.7. The number of hydrogen-bond acceptors (Lipinski definition) is 3. The molecule has 0 spiro atoms. The number of rotatable bonds is 2. The highest BCUT2D eigenvalue weighted by atomic mass is 35.5. The molecule has 0 aliphatic rings. The third kappa shape index (κ3) is 2.09. The van der Waals surface area contributed by atoms with Crippen molar-refractivity contribution in [2.75, 3.05) is 7.05 Å². The second-order valence-electron chi connectivity index (χ2n) is 2.46. The predicted molar refractivity (Wildman–Crippen MR) is 54.7 cm³/mol. The minimum atomic E-state index is -0.483. The fourth-order valence-electron chi connectivity index (χ4n) is 0.904. The summed E-state index contributed by atoms with van der Waals surface area (Å²) in [5.41, 5.74) is 4.80. The first-order chi connectivity index (χ1) is 6.57. The first-order valence-electron chi connectivity index (χ1n) is 3.72. The number of hydrogen-bond donors (Lipinski definition) is 3. The van der Waals surface area contributed by atoms with Gasteiger partial charge in [0.15, 0.2) is 0 Å². The number of hydrazine groups is 1. The predicted octanol–water partition coefficient (Wildman–Crippen LogP) is 1.56. The molecular weight excluding hydrogens is 227 g/mol. The highest BCUT2D eigenvalue weighted by Gasteiger charge is 2.14. The number of halogens is 2. The highest BCUT2D eigenvalue weighted by molar-refractivity contribution is 6.43. The Morgan fingerprint density at radius 1 is 1.43 bits per heavy atom. The molecule has 0 unspecified atom stereocenters. The summed E-state index contributed by atoms with van der Waals surface area (Å²) in [4.78, 5) is 11.3. The molecule has 0 saturated heterocycles. The normalized spacial score (nSPS) is 9.93. The molecule has 6 heteroatoms. The topological polar surface area (TPSA) is 61.4 Å². The van der Waals surface area contributed by atoms with E-state index in [1.54, 1.807) is 0 Å². The van der Waals surface area contributed by atoms with Crippen LogP contribution in [0.1, 0.15) is 10.4 Å². The maximum Gasteiger partial charge on any atom is 0.269 e. The van der Waals surface area contributed by atoms with Crippen molar-refractivity contribution in [2.24, 2.45) is 0 Å². The molecule has 0 saturated carbocycles. The van der Waals surface area contributed by atoms with Crippen LogP contribution in [-0.2, 0) is 0 Å². The van der Waals surface area contributed by atoms with Crippen molar-refractivity contribution in [1.82, 2.24) is 10.9 Å². The molecule has 1 aromatic carbocycles. The minimum absolute atomic E-state index is 0.0320. The van der Waals surface area contributed by atoms with E-state index in [2.05, 4.69) is 10.9 Å². The van der Waals surface area contributed by atoms with Gasteiger partial charge >= 0.3 is 0 Å². The van der Waals surface area contributed by atoms with Gasteiger partial charge < -0.3 is 5.11 Å². The van der Waals surface area contributed by atoms with Crippen LogP contribution in [0.4, 0.5) is 0 Å². The average molecular weight is 235 g/mol. The van der Waals surface area contributed by atoms with E-state index in [0.717, 1.165) is 0 Å². The van der Waals surface area contributed by atoms with E-state index in [-0.39, 0.29) is 21.4 Å². The molecular formula is C8H8Cl2N2O2. The van der Waals surface area contributed by atoms with Crippen LogP contribution in [-0.4, -0.2) is 18.1 Å². The van der Waals surface area contributed by atoms with Crippen molar-refractivity contribution in [2.45, 2.75) is 0 Å². The Morgan fingerprint density at radius 2 is 2.07 bits per heavy atom. The number of nitrogens with one attached hydrogen (secondary N) is 2. The molecule has 0 bridgehead atoms. The minimum Gasteiger partial charge on any atom is -0.505 e. The lowest BCUT2D eigenvalue weighted by atomic mass is 10.2. The summed E-state index contributed by atoms with van der Waals surface area (Å²) in [5.74, 6) is -0.810. The van der Waals surface area contributed by atoms with Crippen LogP contribution < -0.4 is 10.9 Å². The number of carbonyl (C=O) groups excluding carboxylic acids is 1. The molecule has 0 aromatic heterocycles.